The number of nitrogens with one attached hydrogen (secondary N) is 1. The van der Waals surface area contributed by atoms with E-state index in [2.05, 4.69) is 17.2 Å². The molecule has 0 radical (unpaired) electrons. The highest BCUT2D eigenvalue weighted by Gasteiger charge is 2.09. The van der Waals surface area contributed by atoms with Gasteiger partial charge in [-0.05, 0) is 42.8 Å². The summed E-state index contributed by atoms with van der Waals surface area (Å²) in [5, 5.41) is 2.77. The fraction of sp³-hybridized carbons (Fsp3) is 0.133. The quantitative estimate of drug-likeness (QED) is 0.807. The lowest BCUT2D eigenvalue weighted by Gasteiger charge is -2.05. The third kappa shape index (κ3) is 3.47. The second kappa shape index (κ2) is 5.89. The molecule has 0 aliphatic carbocycles. The van der Waals surface area contributed by atoms with Crippen LogP contribution in [0.4, 0.5) is 5.69 Å². The molecule has 2 aromatic rings. The van der Waals surface area contributed by atoms with Gasteiger partial charge in [-0.2, -0.15) is 0 Å². The maximum Gasteiger partial charge on any atom is 0.291 e. The highest BCUT2D eigenvalue weighted by molar-refractivity contribution is 6.02. The summed E-state index contributed by atoms with van der Waals surface area (Å²) < 4.78 is 5.04. The number of nitrogens with two attached hydrogens (primary N) is 1. The smallest absolute Gasteiger partial charge is 0.291 e. The number of amides is 1. The van der Waals surface area contributed by atoms with E-state index in [0.29, 0.717) is 12.2 Å². The Hall–Kier alpha value is -2.51. The summed E-state index contributed by atoms with van der Waals surface area (Å²) in [6.45, 7) is 2.25. The van der Waals surface area contributed by atoms with Crippen LogP contribution in [0.25, 0.3) is 0 Å². The molecule has 96 valence electrons. The third-order valence-corrected chi connectivity index (χ3v) is 2.41. The van der Waals surface area contributed by atoms with E-state index < -0.39 is 0 Å². The molecular weight excluding hydrogens is 240 g/mol. The lowest BCUT2D eigenvalue weighted by Crippen LogP contribution is -2.11. The largest absolute Gasteiger partial charge is 0.459 e. The number of rotatable bonds is 2. The minimum atomic E-state index is -0.284. The van der Waals surface area contributed by atoms with Crippen molar-refractivity contribution < 1.29 is 9.21 Å². The minimum absolute atomic E-state index is 0.274. The Kier molecular flexibility index (Phi) is 4.01. The van der Waals surface area contributed by atoms with E-state index in [0.717, 1.165) is 11.1 Å². The second-order valence-corrected chi connectivity index (χ2v) is 4.03. The van der Waals surface area contributed by atoms with Crippen molar-refractivity contribution in [2.45, 2.75) is 6.92 Å². The molecule has 0 bridgehead atoms. The number of furan rings is 1. The van der Waals surface area contributed by atoms with Crippen LogP contribution in [0.5, 0.6) is 0 Å². The number of aryl methyl sites for hydroxylation is 1. The summed E-state index contributed by atoms with van der Waals surface area (Å²) in [6, 6.07) is 8.89. The fourth-order valence-electron chi connectivity index (χ4n) is 1.68. The molecule has 1 heterocycles. The summed E-state index contributed by atoms with van der Waals surface area (Å²) in [6.07, 6.45) is 1.46. The third-order valence-electron chi connectivity index (χ3n) is 2.41. The van der Waals surface area contributed by atoms with Crippen molar-refractivity contribution in [3.8, 4) is 11.8 Å². The van der Waals surface area contributed by atoms with Gasteiger partial charge in [-0.1, -0.05) is 11.8 Å². The van der Waals surface area contributed by atoms with E-state index in [1.54, 1.807) is 18.2 Å². The lowest BCUT2D eigenvalue weighted by atomic mass is 10.1. The van der Waals surface area contributed by atoms with Crippen molar-refractivity contribution in [2.24, 2.45) is 5.73 Å². The normalized spacial score (nSPS) is 9.58. The average molecular weight is 254 g/mol. The summed E-state index contributed by atoms with van der Waals surface area (Å²) in [4.78, 5) is 11.9. The van der Waals surface area contributed by atoms with Gasteiger partial charge in [0.25, 0.3) is 5.91 Å². The van der Waals surface area contributed by atoms with Crippen LogP contribution in [0.1, 0.15) is 21.7 Å². The van der Waals surface area contributed by atoms with Crippen molar-refractivity contribution in [3.05, 3.63) is 53.5 Å². The molecule has 0 unspecified atom stereocenters. The van der Waals surface area contributed by atoms with Gasteiger partial charge in [0, 0.05) is 11.3 Å². The van der Waals surface area contributed by atoms with Crippen LogP contribution < -0.4 is 11.1 Å². The van der Waals surface area contributed by atoms with Gasteiger partial charge < -0.3 is 15.5 Å². The number of hydrogen-bond donors (Lipinski definition) is 2. The molecule has 19 heavy (non-hydrogen) atoms. The molecule has 0 atom stereocenters. The van der Waals surface area contributed by atoms with Gasteiger partial charge >= 0.3 is 0 Å². The Balaban J connectivity index is 2.20. The van der Waals surface area contributed by atoms with Gasteiger partial charge in [0.2, 0.25) is 0 Å². The summed E-state index contributed by atoms with van der Waals surface area (Å²) in [5.74, 6) is 5.72. The van der Waals surface area contributed by atoms with Crippen molar-refractivity contribution in [3.63, 3.8) is 0 Å². The Morgan fingerprint density at radius 1 is 1.42 bits per heavy atom. The van der Waals surface area contributed by atoms with Crippen LogP contribution in [0, 0.1) is 18.8 Å². The molecule has 4 nitrogen and oxygen atoms in total. The molecule has 0 aliphatic rings. The van der Waals surface area contributed by atoms with Gasteiger partial charge in [0.05, 0.1) is 12.8 Å². The standard InChI is InChI=1S/C15H14N2O2/c1-11-8-12(4-2-6-16)10-13(9-11)17-15(18)14-5-3-7-19-14/h3,5,7-10H,6,16H2,1H3,(H,17,18). The molecule has 0 saturated carbocycles. The zero-order valence-electron chi connectivity index (χ0n) is 10.6. The van der Waals surface area contributed by atoms with Gasteiger partial charge in [0.1, 0.15) is 0 Å². The van der Waals surface area contributed by atoms with E-state index in [1.165, 1.54) is 6.26 Å². The Bertz CT molecular complexity index is 634. The molecule has 0 fully saturated rings. The predicted molar refractivity (Wildman–Crippen MR) is 73.8 cm³/mol. The molecule has 3 N–H and O–H groups in total. The van der Waals surface area contributed by atoms with E-state index in [-0.39, 0.29) is 11.7 Å². The first-order valence-electron chi connectivity index (χ1n) is 5.84. The molecule has 4 heteroatoms. The van der Waals surface area contributed by atoms with Crippen LogP contribution in [0.15, 0.2) is 41.0 Å². The molecule has 0 aliphatic heterocycles. The number of anilines is 1. The molecular formula is C15H14N2O2. The van der Waals surface area contributed by atoms with Crippen LogP contribution in [-0.2, 0) is 0 Å². The summed E-state index contributed by atoms with van der Waals surface area (Å²) in [5.41, 5.74) is 7.86. The monoisotopic (exact) mass is 254 g/mol. The van der Waals surface area contributed by atoms with E-state index in [4.69, 9.17) is 10.2 Å². The summed E-state index contributed by atoms with van der Waals surface area (Å²) in [7, 11) is 0. The van der Waals surface area contributed by atoms with Crippen molar-refractivity contribution >= 4 is 11.6 Å². The zero-order valence-corrected chi connectivity index (χ0v) is 10.6. The number of carbonyl (C=O) groups is 1. The summed E-state index contributed by atoms with van der Waals surface area (Å²) >= 11 is 0. The van der Waals surface area contributed by atoms with Crippen molar-refractivity contribution in [1.82, 2.24) is 0 Å². The van der Waals surface area contributed by atoms with Crippen LogP contribution in [0.2, 0.25) is 0 Å². The molecule has 1 aromatic carbocycles. The molecule has 0 spiro atoms. The van der Waals surface area contributed by atoms with Crippen LogP contribution >= 0.6 is 0 Å². The van der Waals surface area contributed by atoms with Crippen molar-refractivity contribution in [2.75, 3.05) is 11.9 Å². The number of carbonyl (C=O) groups excluding carboxylic acids is 1. The minimum Gasteiger partial charge on any atom is -0.459 e. The molecule has 1 amide bonds. The SMILES string of the molecule is Cc1cc(C#CCN)cc(NC(=O)c2ccco2)c1. The molecule has 1 aromatic heterocycles. The first-order chi connectivity index (χ1) is 9.19. The zero-order chi connectivity index (χ0) is 13.7. The van der Waals surface area contributed by atoms with Gasteiger partial charge in [-0.3, -0.25) is 4.79 Å². The molecule has 0 saturated heterocycles. The Morgan fingerprint density at radius 2 is 2.26 bits per heavy atom. The first kappa shape index (κ1) is 12.9. The van der Waals surface area contributed by atoms with Crippen molar-refractivity contribution in [1.29, 1.82) is 0 Å². The molecule has 2 rings (SSSR count). The number of benzene rings is 1. The predicted octanol–water partition coefficient (Wildman–Crippen LogP) is 2.15. The highest BCUT2D eigenvalue weighted by atomic mass is 16.3. The topological polar surface area (TPSA) is 68.3 Å². The lowest BCUT2D eigenvalue weighted by molar-refractivity contribution is 0.0996. The average Bonchev–Trinajstić information content (AvgIpc) is 2.89. The van der Waals surface area contributed by atoms with E-state index in [1.807, 2.05) is 19.1 Å². The van der Waals surface area contributed by atoms with Gasteiger partial charge in [-0.25, -0.2) is 0 Å². The second-order valence-electron chi connectivity index (χ2n) is 4.03. The maximum absolute atomic E-state index is 11.9. The van der Waals surface area contributed by atoms with Crippen LogP contribution in [-0.4, -0.2) is 12.5 Å². The fourth-order valence-corrected chi connectivity index (χ4v) is 1.68. The highest BCUT2D eigenvalue weighted by Crippen LogP contribution is 2.15. The first-order valence-corrected chi connectivity index (χ1v) is 5.84. The van der Waals surface area contributed by atoms with E-state index in [9.17, 15) is 4.79 Å². The van der Waals surface area contributed by atoms with Crippen LogP contribution in [0.3, 0.4) is 0 Å². The maximum atomic E-state index is 11.9. The van der Waals surface area contributed by atoms with Gasteiger partial charge in [-0.15, -0.1) is 0 Å². The van der Waals surface area contributed by atoms with Gasteiger partial charge in [0.15, 0.2) is 5.76 Å². The Labute approximate surface area is 111 Å². The number of hydrogen-bond acceptors (Lipinski definition) is 3. The Morgan fingerprint density at radius 3 is 2.95 bits per heavy atom. The van der Waals surface area contributed by atoms with E-state index >= 15 is 0 Å².